The summed E-state index contributed by atoms with van der Waals surface area (Å²) in [5.41, 5.74) is 0. The third-order valence-corrected chi connectivity index (χ3v) is 7.10. The Morgan fingerprint density at radius 3 is 1.33 bits per heavy atom. The first-order valence-electron chi connectivity index (χ1n) is 11.7. The Morgan fingerprint density at radius 1 is 0.636 bits per heavy atom. The quantitative estimate of drug-likeness (QED) is 0.339. The van der Waals surface area contributed by atoms with Gasteiger partial charge in [-0.3, -0.25) is 0 Å². The summed E-state index contributed by atoms with van der Waals surface area (Å²) in [5, 5.41) is 36.2. The zero-order valence-electron chi connectivity index (χ0n) is 21.5. The van der Waals surface area contributed by atoms with E-state index in [4.69, 9.17) is 34.3 Å². The van der Waals surface area contributed by atoms with Crippen molar-refractivity contribution in [2.75, 3.05) is 20.8 Å². The number of ether oxygens (including phenoxy) is 5. The Hall–Kier alpha value is 1.08. The molecule has 33 heavy (non-hydrogen) atoms. The Labute approximate surface area is 235 Å². The van der Waals surface area contributed by atoms with Gasteiger partial charge in [-0.05, 0) is 24.7 Å². The molecule has 0 aromatic carbocycles. The van der Waals surface area contributed by atoms with Gasteiger partial charge in [0.2, 0.25) is 0 Å². The van der Waals surface area contributed by atoms with E-state index in [0.29, 0.717) is 29.8 Å². The second-order valence-electron chi connectivity index (χ2n) is 9.04. The molecule has 3 aliphatic rings. The van der Waals surface area contributed by atoms with E-state index in [1.54, 1.807) is 7.11 Å². The largest absolute Gasteiger partial charge is 0.394 e. The van der Waals surface area contributed by atoms with Gasteiger partial charge in [0.1, 0.15) is 18.3 Å². The first kappa shape index (κ1) is 34.1. The summed E-state index contributed by atoms with van der Waals surface area (Å²) in [4.78, 5) is 0. The van der Waals surface area contributed by atoms with Gasteiger partial charge in [-0.1, -0.05) is 41.5 Å². The SMILES string of the molecule is CC[C@@H]1OC(OC)C(C)C1C.CC[C@@H]1O[C@H](O)C(C)C1C.COC1O[C@@H](CO)C(O)C1O.[Ac]. The fourth-order valence-electron chi connectivity index (χ4n) is 4.30. The molecular formula is C23H46AcO9. The van der Waals surface area contributed by atoms with Crippen LogP contribution in [0, 0.1) is 67.7 Å². The maximum absolute atomic E-state index is 9.25. The Morgan fingerprint density at radius 2 is 1.09 bits per heavy atom. The molecule has 9 nitrogen and oxygen atoms in total. The van der Waals surface area contributed by atoms with Crippen molar-refractivity contribution in [1.82, 2.24) is 0 Å². The van der Waals surface area contributed by atoms with Crippen molar-refractivity contribution in [3.63, 3.8) is 0 Å². The van der Waals surface area contributed by atoms with Crippen LogP contribution < -0.4 is 0 Å². The summed E-state index contributed by atoms with van der Waals surface area (Å²) >= 11 is 0. The molecule has 8 unspecified atom stereocenters. The van der Waals surface area contributed by atoms with Crippen LogP contribution >= 0.6 is 0 Å². The molecule has 1 radical (unpaired) electrons. The molecule has 0 saturated carbocycles. The zero-order valence-corrected chi connectivity index (χ0v) is 26.2. The van der Waals surface area contributed by atoms with Gasteiger partial charge < -0.3 is 44.1 Å². The average molecular weight is 694 g/mol. The molecule has 3 fully saturated rings. The molecule has 0 aromatic rings. The molecule has 4 N–H and O–H groups in total. The fourth-order valence-corrected chi connectivity index (χ4v) is 4.30. The maximum atomic E-state index is 9.25. The van der Waals surface area contributed by atoms with Gasteiger partial charge in [0, 0.05) is 70.1 Å². The van der Waals surface area contributed by atoms with Gasteiger partial charge in [0.15, 0.2) is 18.9 Å². The van der Waals surface area contributed by atoms with Crippen LogP contribution in [0.4, 0.5) is 0 Å². The summed E-state index contributed by atoms with van der Waals surface area (Å²) < 4.78 is 25.8. The van der Waals surface area contributed by atoms with Crippen molar-refractivity contribution in [3.8, 4) is 0 Å². The number of rotatable bonds is 5. The van der Waals surface area contributed by atoms with Gasteiger partial charge in [-0.15, -0.1) is 0 Å². The van der Waals surface area contributed by atoms with Crippen molar-refractivity contribution in [2.45, 2.75) is 104 Å². The molecule has 0 spiro atoms. The van der Waals surface area contributed by atoms with Crippen LogP contribution in [-0.2, 0) is 23.7 Å². The van der Waals surface area contributed by atoms with E-state index in [9.17, 15) is 5.11 Å². The predicted molar refractivity (Wildman–Crippen MR) is 119 cm³/mol. The molecule has 3 saturated heterocycles. The molecule has 0 aromatic heterocycles. The number of aliphatic hydroxyl groups is 4. The first-order chi connectivity index (χ1) is 15.1. The van der Waals surface area contributed by atoms with Crippen molar-refractivity contribution in [1.29, 1.82) is 0 Å². The fraction of sp³-hybridized carbons (Fsp3) is 1.00. The number of hydrogen-bond acceptors (Lipinski definition) is 9. The summed E-state index contributed by atoms with van der Waals surface area (Å²) in [6.45, 7) is 12.5. The molecule has 3 aliphatic heterocycles. The maximum Gasteiger partial charge on any atom is 0.186 e. The van der Waals surface area contributed by atoms with E-state index in [-0.39, 0.29) is 63.1 Å². The molecule has 0 amide bonds. The van der Waals surface area contributed by atoms with E-state index in [0.717, 1.165) is 12.8 Å². The number of hydrogen-bond donors (Lipinski definition) is 4. The molecule has 3 rings (SSSR count). The van der Waals surface area contributed by atoms with Crippen LogP contribution in [0.25, 0.3) is 0 Å². The summed E-state index contributed by atoms with van der Waals surface area (Å²) in [5.74, 6) is 1.96. The molecule has 195 valence electrons. The second kappa shape index (κ2) is 16.8. The molecule has 12 atom stereocenters. The van der Waals surface area contributed by atoms with Crippen molar-refractivity contribution in [3.05, 3.63) is 0 Å². The van der Waals surface area contributed by atoms with Crippen LogP contribution in [0.2, 0.25) is 0 Å². The zero-order chi connectivity index (χ0) is 24.6. The summed E-state index contributed by atoms with van der Waals surface area (Å²) in [7, 11) is 3.08. The normalized spacial score (nSPS) is 44.4. The third kappa shape index (κ3) is 9.16. The Kier molecular flexibility index (Phi) is 17.3. The summed E-state index contributed by atoms with van der Waals surface area (Å²) in [6, 6.07) is 0. The molecule has 0 aliphatic carbocycles. The first-order valence-corrected chi connectivity index (χ1v) is 11.7. The number of aliphatic hydroxyl groups excluding tert-OH is 4. The van der Waals surface area contributed by atoms with Gasteiger partial charge in [0.05, 0.1) is 18.8 Å². The molecule has 10 heteroatoms. The molecule has 3 heterocycles. The Bertz CT molecular complexity index is 448. The molecular weight excluding hydrogens is 647 g/mol. The van der Waals surface area contributed by atoms with Gasteiger partial charge in [-0.2, -0.15) is 0 Å². The van der Waals surface area contributed by atoms with E-state index >= 15 is 0 Å². The topological polar surface area (TPSA) is 127 Å². The Balaban J connectivity index is 0.000000459. The van der Waals surface area contributed by atoms with Crippen LogP contribution in [0.5, 0.6) is 0 Å². The average Bonchev–Trinajstić information content (AvgIpc) is 3.35. The van der Waals surface area contributed by atoms with Gasteiger partial charge in [0.25, 0.3) is 0 Å². The van der Waals surface area contributed by atoms with Crippen molar-refractivity contribution < 1.29 is 88.2 Å². The smallest absolute Gasteiger partial charge is 0.186 e. The van der Waals surface area contributed by atoms with E-state index in [2.05, 4.69) is 39.4 Å². The third-order valence-electron chi connectivity index (χ3n) is 7.10. The monoisotopic (exact) mass is 693 g/mol. The summed E-state index contributed by atoms with van der Waals surface area (Å²) in [6.07, 6.45) is -1.46. The minimum Gasteiger partial charge on any atom is -0.394 e. The predicted octanol–water partition coefficient (Wildman–Crippen LogP) is 1.50. The molecule has 0 bridgehead atoms. The minimum atomic E-state index is -1.07. The van der Waals surface area contributed by atoms with E-state index in [1.807, 2.05) is 6.92 Å². The van der Waals surface area contributed by atoms with Gasteiger partial charge in [-0.25, -0.2) is 0 Å². The van der Waals surface area contributed by atoms with Crippen LogP contribution in [0.3, 0.4) is 0 Å². The van der Waals surface area contributed by atoms with Crippen molar-refractivity contribution in [2.24, 2.45) is 23.7 Å². The van der Waals surface area contributed by atoms with Crippen LogP contribution in [0.15, 0.2) is 0 Å². The van der Waals surface area contributed by atoms with Gasteiger partial charge >= 0.3 is 0 Å². The van der Waals surface area contributed by atoms with Crippen LogP contribution in [0.1, 0.15) is 54.4 Å². The van der Waals surface area contributed by atoms with E-state index < -0.39 is 30.9 Å². The van der Waals surface area contributed by atoms with Crippen molar-refractivity contribution >= 4 is 0 Å². The minimum absolute atomic E-state index is 0. The second-order valence-corrected chi connectivity index (χ2v) is 9.04. The van der Waals surface area contributed by atoms with E-state index in [1.165, 1.54) is 7.11 Å². The standard InChI is InChI=1S/C9H18O2.C8H16O2.C6H12O5.Ac/c1-5-8-6(2)7(3)9(10-4)11-8;1-4-7-5(2)6(3)8(9)10-7;1-10-6-5(9)4(8)3(2-7)11-6;/h6-9H,5H2,1-4H3;5-9H,4H2,1-3H3;3-9H,2H2,1H3;/t6?,7?,8-,9?;5?,6?,7-,8-;3-,4?,5?,6?;/m000./s1. The van der Waals surface area contributed by atoms with Crippen LogP contribution in [-0.4, -0.2) is 90.6 Å². The number of methoxy groups -OCH3 is 2.